The lowest BCUT2D eigenvalue weighted by Gasteiger charge is -2.21. The molecule has 2 aromatic carbocycles. The van der Waals surface area contributed by atoms with Crippen LogP contribution in [-0.2, 0) is 0 Å². The van der Waals surface area contributed by atoms with Gasteiger partial charge in [0, 0.05) is 24.1 Å². The van der Waals surface area contributed by atoms with Gasteiger partial charge in [-0.2, -0.15) is 0 Å². The molecule has 0 aliphatic rings. The van der Waals surface area contributed by atoms with E-state index in [4.69, 9.17) is 0 Å². The highest BCUT2D eigenvalue weighted by Crippen LogP contribution is 2.21. The van der Waals surface area contributed by atoms with Crippen molar-refractivity contribution in [2.75, 3.05) is 16.8 Å². The number of benzene rings is 2. The molecule has 0 saturated carbocycles. The number of rotatable bonds is 5. The van der Waals surface area contributed by atoms with Gasteiger partial charge in [0.15, 0.2) is 0 Å². The van der Waals surface area contributed by atoms with Crippen LogP contribution in [0.15, 0.2) is 54.7 Å². The fraction of sp³-hybridized carbons (Fsp3) is 0.227. The largest absolute Gasteiger partial charge is 0.324 e. The van der Waals surface area contributed by atoms with Crippen molar-refractivity contribution < 1.29 is 4.79 Å². The van der Waals surface area contributed by atoms with Gasteiger partial charge < -0.3 is 10.2 Å². The first-order valence-electron chi connectivity index (χ1n) is 9.04. The molecule has 0 aliphatic carbocycles. The highest BCUT2D eigenvalue weighted by Gasteiger charge is 2.18. The normalized spacial score (nSPS) is 10.5. The number of carbonyl (C=O) groups is 1. The smallest absolute Gasteiger partial charge is 0.277 e. The molecule has 5 nitrogen and oxygen atoms in total. The number of amides is 1. The minimum Gasteiger partial charge on any atom is -0.324 e. The van der Waals surface area contributed by atoms with Crippen LogP contribution >= 0.6 is 0 Å². The van der Waals surface area contributed by atoms with Crippen molar-refractivity contribution in [2.45, 2.75) is 27.7 Å². The van der Waals surface area contributed by atoms with Gasteiger partial charge in [0.2, 0.25) is 5.95 Å². The molecule has 0 bridgehead atoms. The predicted molar refractivity (Wildman–Crippen MR) is 110 cm³/mol. The Morgan fingerprint density at radius 1 is 1.04 bits per heavy atom. The highest BCUT2D eigenvalue weighted by atomic mass is 16.2. The molecule has 0 fully saturated rings. The van der Waals surface area contributed by atoms with Gasteiger partial charge in [-0.3, -0.25) is 4.79 Å². The van der Waals surface area contributed by atoms with E-state index in [1.165, 1.54) is 5.56 Å². The summed E-state index contributed by atoms with van der Waals surface area (Å²) in [5, 5.41) is 3.21. The van der Waals surface area contributed by atoms with Gasteiger partial charge >= 0.3 is 0 Å². The Bertz CT molecular complexity index is 968. The minimum atomic E-state index is -0.144. The molecule has 1 heterocycles. The van der Waals surface area contributed by atoms with E-state index in [2.05, 4.69) is 28.3 Å². The third kappa shape index (κ3) is 4.31. The van der Waals surface area contributed by atoms with E-state index in [9.17, 15) is 4.79 Å². The molecule has 1 amide bonds. The van der Waals surface area contributed by atoms with E-state index in [1.807, 2.05) is 57.2 Å². The number of nitrogens with zero attached hydrogens (tertiary/aromatic N) is 3. The molecule has 0 radical (unpaired) electrons. The first-order chi connectivity index (χ1) is 13.0. The molecule has 0 saturated heterocycles. The average molecular weight is 360 g/mol. The molecule has 1 aromatic heterocycles. The summed E-state index contributed by atoms with van der Waals surface area (Å²) < 4.78 is 0. The standard InChI is InChI=1S/C22H24N4O/c1-5-26(18-8-6-7-15(2)14-18)21(27)20-11-12-23-22(25-20)24-19-10-9-16(3)13-17(19)4/h6-14H,5H2,1-4H3,(H,23,24,25). The molecule has 1 N–H and O–H groups in total. The number of nitrogens with one attached hydrogen (secondary N) is 1. The van der Waals surface area contributed by atoms with Crippen LogP contribution in [0.3, 0.4) is 0 Å². The third-order valence-electron chi connectivity index (χ3n) is 4.38. The Morgan fingerprint density at radius 2 is 1.81 bits per heavy atom. The van der Waals surface area contributed by atoms with Crippen LogP contribution in [0.4, 0.5) is 17.3 Å². The lowest BCUT2D eigenvalue weighted by atomic mass is 10.1. The molecular formula is C22H24N4O. The predicted octanol–water partition coefficient (Wildman–Crippen LogP) is 4.81. The van der Waals surface area contributed by atoms with Crippen LogP contribution in [-0.4, -0.2) is 22.4 Å². The van der Waals surface area contributed by atoms with Crippen LogP contribution in [0.5, 0.6) is 0 Å². The second-order valence-electron chi connectivity index (χ2n) is 6.60. The topological polar surface area (TPSA) is 58.1 Å². The van der Waals surface area contributed by atoms with Crippen LogP contribution in [0.25, 0.3) is 0 Å². The van der Waals surface area contributed by atoms with Crippen LogP contribution in [0, 0.1) is 20.8 Å². The molecule has 138 valence electrons. The van der Waals surface area contributed by atoms with Gasteiger partial charge in [0.1, 0.15) is 5.69 Å². The van der Waals surface area contributed by atoms with Crippen molar-refractivity contribution in [3.63, 3.8) is 0 Å². The average Bonchev–Trinajstić information content (AvgIpc) is 2.65. The highest BCUT2D eigenvalue weighted by molar-refractivity contribution is 6.04. The van der Waals surface area contributed by atoms with Gasteiger partial charge in [-0.25, -0.2) is 9.97 Å². The number of hydrogen-bond donors (Lipinski definition) is 1. The molecule has 5 heteroatoms. The fourth-order valence-electron chi connectivity index (χ4n) is 2.99. The maximum Gasteiger partial charge on any atom is 0.277 e. The van der Waals surface area contributed by atoms with Crippen LogP contribution < -0.4 is 10.2 Å². The van der Waals surface area contributed by atoms with Crippen molar-refractivity contribution in [1.82, 2.24) is 9.97 Å². The molecule has 27 heavy (non-hydrogen) atoms. The number of aromatic nitrogens is 2. The summed E-state index contributed by atoms with van der Waals surface area (Å²) in [6, 6.07) is 15.7. The molecule has 0 spiro atoms. The molecule has 3 rings (SSSR count). The second kappa shape index (κ2) is 7.99. The number of hydrogen-bond acceptors (Lipinski definition) is 4. The number of carbonyl (C=O) groups excluding carboxylic acids is 1. The summed E-state index contributed by atoms with van der Waals surface area (Å²) in [6.07, 6.45) is 1.61. The van der Waals surface area contributed by atoms with E-state index < -0.39 is 0 Å². The van der Waals surface area contributed by atoms with Crippen molar-refractivity contribution in [3.05, 3.63) is 77.1 Å². The first kappa shape index (κ1) is 18.6. The summed E-state index contributed by atoms with van der Waals surface area (Å²) in [4.78, 5) is 23.4. The van der Waals surface area contributed by atoms with Crippen molar-refractivity contribution in [3.8, 4) is 0 Å². The van der Waals surface area contributed by atoms with Crippen molar-refractivity contribution in [1.29, 1.82) is 0 Å². The SMILES string of the molecule is CCN(C(=O)c1ccnc(Nc2ccc(C)cc2C)n1)c1cccc(C)c1. The fourth-order valence-corrected chi connectivity index (χ4v) is 2.99. The maximum atomic E-state index is 13.0. The van der Waals surface area contributed by atoms with E-state index in [0.717, 1.165) is 22.5 Å². The Balaban J connectivity index is 1.86. The molecular weight excluding hydrogens is 336 g/mol. The van der Waals surface area contributed by atoms with Crippen molar-refractivity contribution >= 4 is 23.2 Å². The van der Waals surface area contributed by atoms with Crippen LogP contribution in [0.1, 0.15) is 34.1 Å². The second-order valence-corrected chi connectivity index (χ2v) is 6.60. The molecule has 0 atom stereocenters. The molecule has 3 aromatic rings. The summed E-state index contributed by atoms with van der Waals surface area (Å²) >= 11 is 0. The number of anilines is 3. The summed E-state index contributed by atoms with van der Waals surface area (Å²) in [5.74, 6) is 0.266. The summed E-state index contributed by atoms with van der Waals surface area (Å²) in [5.41, 5.74) is 5.56. The lowest BCUT2D eigenvalue weighted by Crippen LogP contribution is -2.31. The Kier molecular flexibility index (Phi) is 5.50. The lowest BCUT2D eigenvalue weighted by molar-refractivity contribution is 0.0983. The first-order valence-corrected chi connectivity index (χ1v) is 9.04. The Labute approximate surface area is 160 Å². The van der Waals surface area contributed by atoms with Crippen LogP contribution in [0.2, 0.25) is 0 Å². The zero-order valence-electron chi connectivity index (χ0n) is 16.2. The van der Waals surface area contributed by atoms with Gasteiger partial charge in [-0.15, -0.1) is 0 Å². The summed E-state index contributed by atoms with van der Waals surface area (Å²) in [6.45, 7) is 8.61. The van der Waals surface area contributed by atoms with Gasteiger partial charge in [0.05, 0.1) is 0 Å². The van der Waals surface area contributed by atoms with Gasteiger partial charge in [-0.1, -0.05) is 29.8 Å². The Hall–Kier alpha value is -3.21. The van der Waals surface area contributed by atoms with Crippen molar-refractivity contribution in [2.24, 2.45) is 0 Å². The van der Waals surface area contributed by atoms with E-state index in [-0.39, 0.29) is 5.91 Å². The monoisotopic (exact) mass is 360 g/mol. The maximum absolute atomic E-state index is 13.0. The molecule has 0 unspecified atom stereocenters. The third-order valence-corrected chi connectivity index (χ3v) is 4.38. The zero-order valence-corrected chi connectivity index (χ0v) is 16.2. The number of aryl methyl sites for hydroxylation is 3. The summed E-state index contributed by atoms with van der Waals surface area (Å²) in [7, 11) is 0. The molecule has 0 aliphatic heterocycles. The minimum absolute atomic E-state index is 0.144. The van der Waals surface area contributed by atoms with Gasteiger partial charge in [0.25, 0.3) is 5.91 Å². The van der Waals surface area contributed by atoms with E-state index in [0.29, 0.717) is 18.2 Å². The quantitative estimate of drug-likeness (QED) is 0.709. The Morgan fingerprint density at radius 3 is 2.52 bits per heavy atom. The van der Waals surface area contributed by atoms with Gasteiger partial charge in [-0.05, 0) is 63.1 Å². The van der Waals surface area contributed by atoms with E-state index in [1.54, 1.807) is 17.2 Å². The zero-order chi connectivity index (χ0) is 19.4. The van der Waals surface area contributed by atoms with E-state index >= 15 is 0 Å².